The third-order valence-electron chi connectivity index (χ3n) is 3.40. The molecular weight excluding hydrogens is 204 g/mol. The molecule has 0 bridgehead atoms. The van der Waals surface area contributed by atoms with E-state index in [4.69, 9.17) is 5.26 Å². The second kappa shape index (κ2) is 4.65. The number of hydrogen-bond donors (Lipinski definition) is 0. The van der Waals surface area contributed by atoms with Crippen molar-refractivity contribution in [3.05, 3.63) is 0 Å². The fourth-order valence-electron chi connectivity index (χ4n) is 2.22. The molecule has 0 aromatic carbocycles. The fraction of sp³-hybridized carbons (Fsp3) is 0.750. The average molecular weight is 222 g/mol. The van der Waals surface area contributed by atoms with E-state index in [2.05, 4.69) is 6.07 Å². The summed E-state index contributed by atoms with van der Waals surface area (Å²) in [5, 5.41) is 8.58. The van der Waals surface area contributed by atoms with Crippen molar-refractivity contribution in [1.29, 1.82) is 5.26 Å². The van der Waals surface area contributed by atoms with Crippen LogP contribution in [0.4, 0.5) is 0 Å². The lowest BCUT2D eigenvalue weighted by molar-refractivity contribution is -0.144. The highest BCUT2D eigenvalue weighted by Crippen LogP contribution is 2.33. The van der Waals surface area contributed by atoms with Gasteiger partial charge in [0.25, 0.3) is 0 Å². The highest BCUT2D eigenvalue weighted by atomic mass is 16.2. The van der Waals surface area contributed by atoms with Crippen LogP contribution < -0.4 is 0 Å². The number of hydrogen-bond acceptors (Lipinski definition) is 3. The maximum atomic E-state index is 12.0. The molecule has 0 radical (unpaired) electrons. The molecule has 4 nitrogen and oxygen atoms in total. The normalized spacial score (nSPS) is 30.0. The summed E-state index contributed by atoms with van der Waals surface area (Å²) in [6, 6.07) is 2.05. The zero-order chi connectivity index (χ0) is 12.3. The minimum absolute atomic E-state index is 0.00295. The average Bonchev–Trinajstić information content (AvgIpc) is 2.21. The van der Waals surface area contributed by atoms with E-state index in [9.17, 15) is 9.59 Å². The Morgan fingerprint density at radius 2 is 2.31 bits per heavy atom. The zero-order valence-electron chi connectivity index (χ0n) is 10.1. The highest BCUT2D eigenvalue weighted by molar-refractivity contribution is 5.88. The van der Waals surface area contributed by atoms with Gasteiger partial charge in [-0.3, -0.25) is 9.59 Å². The third-order valence-corrected chi connectivity index (χ3v) is 3.40. The molecule has 0 N–H and O–H groups in total. The van der Waals surface area contributed by atoms with Crippen LogP contribution in [0, 0.1) is 16.7 Å². The first kappa shape index (κ1) is 12.7. The second-order valence-electron chi connectivity index (χ2n) is 4.84. The van der Waals surface area contributed by atoms with Crippen LogP contribution in [0.15, 0.2) is 0 Å². The van der Waals surface area contributed by atoms with Crippen LogP contribution >= 0.6 is 0 Å². The van der Waals surface area contributed by atoms with E-state index in [0.29, 0.717) is 25.8 Å². The number of likely N-dealkylation sites (tertiary alicyclic amines) is 1. The van der Waals surface area contributed by atoms with Crippen LogP contribution in [0.2, 0.25) is 0 Å². The van der Waals surface area contributed by atoms with Gasteiger partial charge < -0.3 is 4.90 Å². The van der Waals surface area contributed by atoms with Crippen molar-refractivity contribution in [2.24, 2.45) is 5.41 Å². The Balaban J connectivity index is 2.82. The predicted octanol–water partition coefficient (Wildman–Crippen LogP) is 1.51. The first-order chi connectivity index (χ1) is 7.40. The summed E-state index contributed by atoms with van der Waals surface area (Å²) in [4.78, 5) is 25.1. The number of ketones is 1. The van der Waals surface area contributed by atoms with Gasteiger partial charge in [0, 0.05) is 37.8 Å². The molecule has 0 aromatic heterocycles. The molecule has 0 aliphatic carbocycles. The van der Waals surface area contributed by atoms with Crippen molar-refractivity contribution in [2.45, 2.75) is 46.1 Å². The number of amides is 1. The van der Waals surface area contributed by atoms with Gasteiger partial charge in [0.05, 0.1) is 6.07 Å². The number of nitriles is 1. The van der Waals surface area contributed by atoms with Gasteiger partial charge in [-0.05, 0) is 13.3 Å². The summed E-state index contributed by atoms with van der Waals surface area (Å²) in [7, 11) is 0. The van der Waals surface area contributed by atoms with E-state index >= 15 is 0 Å². The smallest absolute Gasteiger partial charge is 0.219 e. The molecular formula is C12H18N2O2. The molecule has 88 valence electrons. The Morgan fingerprint density at radius 1 is 1.69 bits per heavy atom. The van der Waals surface area contributed by atoms with Crippen molar-refractivity contribution in [1.82, 2.24) is 4.90 Å². The molecule has 1 amide bonds. The summed E-state index contributed by atoms with van der Waals surface area (Å²) in [6.07, 6.45) is 1.31. The van der Waals surface area contributed by atoms with Gasteiger partial charge in [-0.15, -0.1) is 0 Å². The number of nitrogens with zero attached hydrogens (tertiary/aromatic N) is 2. The maximum Gasteiger partial charge on any atom is 0.219 e. The Bertz CT molecular complexity index is 345. The molecule has 1 heterocycles. The van der Waals surface area contributed by atoms with E-state index < -0.39 is 5.41 Å². The molecule has 2 unspecified atom stereocenters. The second-order valence-corrected chi connectivity index (χ2v) is 4.84. The third kappa shape index (κ3) is 2.41. The summed E-state index contributed by atoms with van der Waals surface area (Å²) in [5.74, 6) is 0.177. The zero-order valence-corrected chi connectivity index (χ0v) is 10.1. The van der Waals surface area contributed by atoms with Crippen LogP contribution in [-0.2, 0) is 9.59 Å². The van der Waals surface area contributed by atoms with Crippen molar-refractivity contribution in [2.75, 3.05) is 6.54 Å². The number of Topliss-reactive ketones (excluding diaryl/α,β-unsaturated/α-hetero) is 1. The van der Waals surface area contributed by atoms with Crippen LogP contribution in [0.1, 0.15) is 40.0 Å². The van der Waals surface area contributed by atoms with E-state index in [-0.39, 0.29) is 17.7 Å². The molecule has 1 fully saturated rings. The Morgan fingerprint density at radius 3 is 2.81 bits per heavy atom. The largest absolute Gasteiger partial charge is 0.339 e. The number of piperidine rings is 1. The van der Waals surface area contributed by atoms with Gasteiger partial charge in [0.1, 0.15) is 5.78 Å². The molecule has 1 saturated heterocycles. The van der Waals surface area contributed by atoms with Crippen molar-refractivity contribution < 1.29 is 9.59 Å². The molecule has 16 heavy (non-hydrogen) atoms. The van der Waals surface area contributed by atoms with Crippen LogP contribution in [0.5, 0.6) is 0 Å². The SMILES string of the molecule is CC(=O)N1CC(C)(CCC#N)C(=O)CC1C. The summed E-state index contributed by atoms with van der Waals surface area (Å²) in [5.41, 5.74) is -0.534. The Kier molecular flexibility index (Phi) is 3.69. The number of rotatable bonds is 2. The van der Waals surface area contributed by atoms with E-state index in [0.717, 1.165) is 0 Å². The minimum Gasteiger partial charge on any atom is -0.339 e. The van der Waals surface area contributed by atoms with Crippen LogP contribution in [-0.4, -0.2) is 29.2 Å². The summed E-state index contributed by atoms with van der Waals surface area (Å²) < 4.78 is 0. The maximum absolute atomic E-state index is 12.0. The molecule has 0 saturated carbocycles. The quantitative estimate of drug-likeness (QED) is 0.711. The van der Waals surface area contributed by atoms with Crippen LogP contribution in [0.3, 0.4) is 0 Å². The lowest BCUT2D eigenvalue weighted by atomic mass is 9.75. The topological polar surface area (TPSA) is 61.2 Å². The number of carbonyl (C=O) groups excluding carboxylic acids is 2. The van der Waals surface area contributed by atoms with Crippen molar-refractivity contribution >= 4 is 11.7 Å². The van der Waals surface area contributed by atoms with E-state index in [1.807, 2.05) is 13.8 Å². The molecule has 2 atom stereocenters. The summed E-state index contributed by atoms with van der Waals surface area (Å²) in [6.45, 7) is 5.72. The monoisotopic (exact) mass is 222 g/mol. The first-order valence-electron chi connectivity index (χ1n) is 5.58. The lowest BCUT2D eigenvalue weighted by Gasteiger charge is -2.42. The van der Waals surface area contributed by atoms with E-state index in [1.165, 1.54) is 6.92 Å². The van der Waals surface area contributed by atoms with Crippen molar-refractivity contribution in [3.63, 3.8) is 0 Å². The van der Waals surface area contributed by atoms with Gasteiger partial charge in [-0.2, -0.15) is 5.26 Å². The van der Waals surface area contributed by atoms with Crippen molar-refractivity contribution in [3.8, 4) is 6.07 Å². The molecule has 4 heteroatoms. The lowest BCUT2D eigenvalue weighted by Crippen LogP contribution is -2.53. The number of carbonyl (C=O) groups is 2. The molecule has 0 aromatic rings. The fourth-order valence-corrected chi connectivity index (χ4v) is 2.22. The van der Waals surface area contributed by atoms with Gasteiger partial charge in [-0.1, -0.05) is 6.92 Å². The van der Waals surface area contributed by atoms with E-state index in [1.54, 1.807) is 4.90 Å². The molecule has 1 aliphatic heterocycles. The minimum atomic E-state index is -0.534. The van der Waals surface area contributed by atoms with Gasteiger partial charge in [0.2, 0.25) is 5.91 Å². The predicted molar refractivity (Wildman–Crippen MR) is 59.4 cm³/mol. The molecule has 1 aliphatic rings. The van der Waals surface area contributed by atoms with Crippen LogP contribution in [0.25, 0.3) is 0 Å². The molecule has 1 rings (SSSR count). The van der Waals surface area contributed by atoms with Gasteiger partial charge in [0.15, 0.2) is 0 Å². The molecule has 0 spiro atoms. The standard InChI is InChI=1S/C12H18N2O2/c1-9-7-11(16)12(3,5-4-6-13)8-14(9)10(2)15/h9H,4-5,7-8H2,1-3H3. The van der Waals surface area contributed by atoms with Gasteiger partial charge in [-0.25, -0.2) is 0 Å². The van der Waals surface area contributed by atoms with Gasteiger partial charge >= 0.3 is 0 Å². The Labute approximate surface area is 96.2 Å². The Hall–Kier alpha value is -1.37. The summed E-state index contributed by atoms with van der Waals surface area (Å²) >= 11 is 0. The highest BCUT2D eigenvalue weighted by Gasteiger charge is 2.41. The first-order valence-corrected chi connectivity index (χ1v) is 5.58.